The summed E-state index contributed by atoms with van der Waals surface area (Å²) in [5.74, 6) is 0. The Morgan fingerprint density at radius 1 is 0.917 bits per heavy atom. The van der Waals surface area contributed by atoms with Crippen molar-refractivity contribution in [1.82, 2.24) is 24.9 Å². The van der Waals surface area contributed by atoms with E-state index in [1.165, 1.54) is 0 Å². The first-order valence-corrected chi connectivity index (χ1v) is 8.68. The van der Waals surface area contributed by atoms with Crippen LogP contribution in [0.25, 0.3) is 0 Å². The molecule has 2 atom stereocenters. The van der Waals surface area contributed by atoms with E-state index in [2.05, 4.69) is 83.5 Å². The number of nitrogens with one attached hydrogen (secondary N) is 1. The van der Waals surface area contributed by atoms with Crippen molar-refractivity contribution in [2.75, 3.05) is 0 Å². The van der Waals surface area contributed by atoms with E-state index >= 15 is 0 Å². The number of nitrogens with zero attached hydrogens (tertiary/aromatic N) is 4. The van der Waals surface area contributed by atoms with Crippen LogP contribution in [-0.4, -0.2) is 19.6 Å². The number of hydrogen-bond acceptors (Lipinski definition) is 3. The highest BCUT2D eigenvalue weighted by molar-refractivity contribution is 5.13. The fourth-order valence-electron chi connectivity index (χ4n) is 2.81. The molecule has 1 N–H and O–H groups in total. The Kier molecular flexibility index (Phi) is 4.16. The maximum Gasteiger partial charge on any atom is 0.122 e. The first kappa shape index (κ1) is 17.0. The molecule has 0 fully saturated rings. The average molecular weight is 327 g/mol. The Balaban J connectivity index is 1.77. The van der Waals surface area contributed by atoms with Gasteiger partial charge in [0.05, 0.1) is 11.4 Å². The molecule has 0 aliphatic carbocycles. The van der Waals surface area contributed by atoms with E-state index in [1.807, 2.05) is 9.36 Å². The van der Waals surface area contributed by atoms with Gasteiger partial charge in [-0.1, -0.05) is 47.6 Å². The fraction of sp³-hybridized carbons (Fsp3) is 0.579. The van der Waals surface area contributed by atoms with E-state index in [0.717, 1.165) is 17.8 Å². The van der Waals surface area contributed by atoms with Gasteiger partial charge in [0.15, 0.2) is 0 Å². The second-order valence-corrected chi connectivity index (χ2v) is 8.65. The Bertz CT molecular complexity index is 724. The molecule has 0 spiro atoms. The van der Waals surface area contributed by atoms with E-state index < -0.39 is 0 Å². The van der Waals surface area contributed by atoms with Gasteiger partial charge in [-0.15, -0.1) is 0 Å². The van der Waals surface area contributed by atoms with Crippen LogP contribution >= 0.6 is 0 Å². The third-order valence-electron chi connectivity index (χ3n) is 4.40. The van der Waals surface area contributed by atoms with Crippen molar-refractivity contribution in [3.8, 4) is 0 Å². The predicted octanol–water partition coefficient (Wildman–Crippen LogP) is 3.92. The topological polar surface area (TPSA) is 47.7 Å². The monoisotopic (exact) mass is 327 g/mol. The van der Waals surface area contributed by atoms with Crippen molar-refractivity contribution in [3.63, 3.8) is 0 Å². The largest absolute Gasteiger partial charge is 0.270 e. The van der Waals surface area contributed by atoms with Gasteiger partial charge in [0.2, 0.25) is 0 Å². The molecule has 0 saturated carbocycles. The van der Waals surface area contributed by atoms with Crippen molar-refractivity contribution in [3.05, 3.63) is 48.1 Å². The predicted molar refractivity (Wildman–Crippen MR) is 96.8 cm³/mol. The van der Waals surface area contributed by atoms with Gasteiger partial charge in [0.1, 0.15) is 12.3 Å². The van der Waals surface area contributed by atoms with Crippen molar-refractivity contribution in [2.45, 2.75) is 71.1 Å². The quantitative estimate of drug-likeness (QED) is 0.850. The Morgan fingerprint density at radius 2 is 1.46 bits per heavy atom. The minimum atomic E-state index is 0.0575. The van der Waals surface area contributed by atoms with Gasteiger partial charge in [-0.25, -0.2) is 0 Å². The van der Waals surface area contributed by atoms with Crippen LogP contribution in [-0.2, 0) is 10.8 Å². The molecule has 0 radical (unpaired) electrons. The molecular formula is C19H29N5. The molecule has 1 aliphatic heterocycles. The molecule has 0 saturated heterocycles. The molecule has 24 heavy (non-hydrogen) atoms. The zero-order chi connectivity index (χ0) is 17.5. The van der Waals surface area contributed by atoms with E-state index in [9.17, 15) is 0 Å². The smallest absolute Gasteiger partial charge is 0.122 e. The second kappa shape index (κ2) is 5.88. The van der Waals surface area contributed by atoms with E-state index in [0.29, 0.717) is 0 Å². The highest BCUT2D eigenvalue weighted by Crippen LogP contribution is 2.25. The van der Waals surface area contributed by atoms with Gasteiger partial charge < -0.3 is 0 Å². The third kappa shape index (κ3) is 3.46. The zero-order valence-electron chi connectivity index (χ0n) is 15.6. The highest BCUT2D eigenvalue weighted by Gasteiger charge is 2.24. The molecule has 1 aliphatic rings. The molecule has 2 aromatic rings. The maximum atomic E-state index is 4.77. The second-order valence-electron chi connectivity index (χ2n) is 8.65. The lowest BCUT2D eigenvalue weighted by atomic mass is 9.93. The minimum absolute atomic E-state index is 0.0575. The molecule has 5 heteroatoms. The standard InChI is InChI=1S/C19H29N5/c1-18(2,3)14-10-12-23(21-14)16-8-7-9-17(20-16)24-13-11-15(22-24)19(4,5)6/h7-8,10-13,16-17,20H,9H2,1-6H3. The van der Waals surface area contributed by atoms with Crippen LogP contribution in [0.1, 0.15) is 71.7 Å². The van der Waals surface area contributed by atoms with Gasteiger partial charge in [0, 0.05) is 29.6 Å². The zero-order valence-corrected chi connectivity index (χ0v) is 15.6. The van der Waals surface area contributed by atoms with Crippen LogP contribution in [0, 0.1) is 0 Å². The maximum absolute atomic E-state index is 4.77. The molecule has 2 aromatic heterocycles. The SMILES string of the molecule is CC(C)(C)c1ccn(C2C=CCC(n3ccc(C(C)(C)C)n3)N2)n1. The number of hydrogen-bond donors (Lipinski definition) is 1. The van der Waals surface area contributed by atoms with E-state index in [4.69, 9.17) is 10.2 Å². The molecular weight excluding hydrogens is 298 g/mol. The van der Waals surface area contributed by atoms with Gasteiger partial charge in [-0.3, -0.25) is 14.7 Å². The summed E-state index contributed by atoms with van der Waals surface area (Å²) in [5.41, 5.74) is 2.35. The van der Waals surface area contributed by atoms with Crippen LogP contribution < -0.4 is 5.32 Å². The lowest BCUT2D eigenvalue weighted by Gasteiger charge is -2.28. The molecule has 3 heterocycles. The van der Waals surface area contributed by atoms with Crippen molar-refractivity contribution >= 4 is 0 Å². The summed E-state index contributed by atoms with van der Waals surface area (Å²) in [4.78, 5) is 0. The molecule has 0 aromatic carbocycles. The van der Waals surface area contributed by atoms with Gasteiger partial charge in [0.25, 0.3) is 0 Å². The van der Waals surface area contributed by atoms with Crippen LogP contribution in [0.5, 0.6) is 0 Å². The summed E-state index contributed by atoms with van der Waals surface area (Å²) < 4.78 is 4.03. The summed E-state index contributed by atoms with van der Waals surface area (Å²) in [5, 5.41) is 13.1. The van der Waals surface area contributed by atoms with Crippen molar-refractivity contribution in [2.24, 2.45) is 0 Å². The van der Waals surface area contributed by atoms with Gasteiger partial charge in [-0.2, -0.15) is 10.2 Å². The summed E-state index contributed by atoms with van der Waals surface area (Å²) in [6, 6.07) is 4.21. The van der Waals surface area contributed by atoms with E-state index in [1.54, 1.807) is 0 Å². The molecule has 130 valence electrons. The van der Waals surface area contributed by atoms with Gasteiger partial charge >= 0.3 is 0 Å². The third-order valence-corrected chi connectivity index (χ3v) is 4.40. The Hall–Kier alpha value is -1.88. The summed E-state index contributed by atoms with van der Waals surface area (Å²) in [6.07, 6.45) is 9.63. The summed E-state index contributed by atoms with van der Waals surface area (Å²) in [7, 11) is 0. The van der Waals surface area contributed by atoms with Crippen molar-refractivity contribution in [1.29, 1.82) is 0 Å². The molecule has 5 nitrogen and oxygen atoms in total. The van der Waals surface area contributed by atoms with Crippen LogP contribution in [0.15, 0.2) is 36.7 Å². The van der Waals surface area contributed by atoms with Crippen molar-refractivity contribution < 1.29 is 0 Å². The number of aromatic nitrogens is 4. The summed E-state index contributed by atoms with van der Waals surface area (Å²) >= 11 is 0. The van der Waals surface area contributed by atoms with Gasteiger partial charge in [-0.05, 0) is 18.2 Å². The fourth-order valence-corrected chi connectivity index (χ4v) is 2.81. The Morgan fingerprint density at radius 3 is 2.00 bits per heavy atom. The molecule has 0 amide bonds. The van der Waals surface area contributed by atoms with E-state index in [-0.39, 0.29) is 23.2 Å². The highest BCUT2D eigenvalue weighted by atomic mass is 15.4. The Labute approximate surface area is 144 Å². The first-order chi connectivity index (χ1) is 11.1. The molecule has 0 bridgehead atoms. The van der Waals surface area contributed by atoms with Crippen LogP contribution in [0.3, 0.4) is 0 Å². The molecule has 3 rings (SSSR count). The minimum Gasteiger partial charge on any atom is -0.270 e. The van der Waals surface area contributed by atoms with Crippen LogP contribution in [0.2, 0.25) is 0 Å². The number of rotatable bonds is 2. The first-order valence-electron chi connectivity index (χ1n) is 8.68. The molecule has 2 unspecified atom stereocenters. The van der Waals surface area contributed by atoms with Crippen LogP contribution in [0.4, 0.5) is 0 Å². The lowest BCUT2D eigenvalue weighted by Crippen LogP contribution is -2.36. The normalized spacial score (nSPS) is 22.1. The average Bonchev–Trinajstić information content (AvgIpc) is 3.16. The lowest BCUT2D eigenvalue weighted by molar-refractivity contribution is 0.280. The summed E-state index contributed by atoms with van der Waals surface area (Å²) in [6.45, 7) is 13.1.